The van der Waals surface area contributed by atoms with E-state index in [0.29, 0.717) is 29.4 Å². The number of piperidine rings is 1. The Kier molecular flexibility index (Phi) is 7.29. The van der Waals surface area contributed by atoms with Crippen LogP contribution in [-0.2, 0) is 13.1 Å². The van der Waals surface area contributed by atoms with Gasteiger partial charge in [-0.25, -0.2) is 0 Å². The molecule has 33 heavy (non-hydrogen) atoms. The normalized spacial score (nSPS) is 16.4. The predicted molar refractivity (Wildman–Crippen MR) is 126 cm³/mol. The van der Waals surface area contributed by atoms with Gasteiger partial charge >= 0.3 is 0 Å². The van der Waals surface area contributed by atoms with Gasteiger partial charge in [0, 0.05) is 25.7 Å². The smallest absolute Gasteiger partial charge is 0.273 e. The molecule has 0 spiro atoms. The number of methoxy groups -OCH3 is 2. The Labute approximate surface area is 194 Å². The Morgan fingerprint density at radius 2 is 1.91 bits per heavy atom. The molecule has 1 aliphatic heterocycles. The van der Waals surface area contributed by atoms with Crippen molar-refractivity contribution in [3.05, 3.63) is 65.4 Å². The summed E-state index contributed by atoms with van der Waals surface area (Å²) >= 11 is 0. The number of rotatable bonds is 8. The van der Waals surface area contributed by atoms with Gasteiger partial charge in [0.25, 0.3) is 5.91 Å². The minimum Gasteiger partial charge on any atom is -0.497 e. The van der Waals surface area contributed by atoms with Crippen molar-refractivity contribution in [3.63, 3.8) is 0 Å². The molecule has 1 aliphatic rings. The molecular weight excluding hydrogens is 418 g/mol. The average molecular weight is 450 g/mol. The highest BCUT2D eigenvalue weighted by Gasteiger charge is 2.18. The number of hydrogen-bond acceptors (Lipinski definition) is 6. The summed E-state index contributed by atoms with van der Waals surface area (Å²) in [6, 6.07) is 15.4. The molecule has 0 radical (unpaired) electrons. The van der Waals surface area contributed by atoms with Crippen LogP contribution in [0.15, 0.2) is 53.1 Å². The number of nitrogens with zero attached hydrogens (tertiary/aromatic N) is 2. The van der Waals surface area contributed by atoms with Crippen molar-refractivity contribution < 1.29 is 18.8 Å². The van der Waals surface area contributed by atoms with Crippen molar-refractivity contribution >= 4 is 5.91 Å². The fraction of sp³-hybridized carbons (Fsp3) is 0.385. The number of hydrogen-bond donors (Lipinski definition) is 1. The van der Waals surface area contributed by atoms with E-state index in [1.165, 1.54) is 31.5 Å². The fourth-order valence-electron chi connectivity index (χ4n) is 4.24. The van der Waals surface area contributed by atoms with Gasteiger partial charge in [0.1, 0.15) is 11.5 Å². The van der Waals surface area contributed by atoms with Crippen LogP contribution in [0.2, 0.25) is 0 Å². The summed E-state index contributed by atoms with van der Waals surface area (Å²) in [5.41, 5.74) is 3.22. The average Bonchev–Trinajstić information content (AvgIpc) is 3.33. The maximum Gasteiger partial charge on any atom is 0.273 e. The van der Waals surface area contributed by atoms with Crippen LogP contribution in [0, 0.1) is 5.92 Å². The number of nitrogens with one attached hydrogen (secondary N) is 1. The number of likely N-dealkylation sites (tertiary alicyclic amines) is 1. The topological polar surface area (TPSA) is 76.8 Å². The van der Waals surface area contributed by atoms with E-state index in [1.807, 2.05) is 0 Å². The molecule has 1 fully saturated rings. The molecule has 0 saturated carbocycles. The Balaban J connectivity index is 1.35. The summed E-state index contributed by atoms with van der Waals surface area (Å²) in [6.07, 6.45) is 2.61. The predicted octanol–water partition coefficient (Wildman–Crippen LogP) is 4.52. The van der Waals surface area contributed by atoms with Gasteiger partial charge in [-0.15, -0.1) is 0 Å². The van der Waals surface area contributed by atoms with Gasteiger partial charge in [-0.2, -0.15) is 0 Å². The van der Waals surface area contributed by atoms with Crippen LogP contribution in [0.25, 0.3) is 11.3 Å². The summed E-state index contributed by atoms with van der Waals surface area (Å²) in [7, 11) is 3.17. The van der Waals surface area contributed by atoms with E-state index in [2.05, 4.69) is 46.6 Å². The summed E-state index contributed by atoms with van der Waals surface area (Å²) in [6.45, 7) is 6.06. The zero-order valence-electron chi connectivity index (χ0n) is 19.5. The van der Waals surface area contributed by atoms with Gasteiger partial charge in [0.15, 0.2) is 11.5 Å². The molecule has 2 heterocycles. The number of carbonyl (C=O) groups excluding carboxylic acids is 1. The molecule has 7 heteroatoms. The molecule has 1 amide bonds. The van der Waals surface area contributed by atoms with Crippen LogP contribution >= 0.6 is 0 Å². The van der Waals surface area contributed by atoms with Gasteiger partial charge in [-0.3, -0.25) is 9.69 Å². The molecule has 4 rings (SSSR count). The molecule has 3 aromatic rings. The first-order valence-corrected chi connectivity index (χ1v) is 11.3. The van der Waals surface area contributed by atoms with E-state index in [0.717, 1.165) is 18.0 Å². The lowest BCUT2D eigenvalue weighted by atomic mass is 9.99. The molecule has 1 saturated heterocycles. The SMILES string of the molecule is COc1ccc(OC)c(-c2cc(C(=O)NCc3ccc(CN4CCCC(C)C4)cc3)no2)c1. The second-order valence-electron chi connectivity index (χ2n) is 8.62. The monoisotopic (exact) mass is 449 g/mol. The standard InChI is InChI=1S/C26H31N3O4/c1-18-5-4-12-29(16-18)17-20-8-6-19(7-9-20)15-27-26(30)23-14-25(33-28-23)22-13-21(31-2)10-11-24(22)32-3/h6-11,13-14,18H,4-5,12,15-17H2,1-3H3,(H,27,30). The van der Waals surface area contributed by atoms with Crippen molar-refractivity contribution in [2.24, 2.45) is 5.92 Å². The van der Waals surface area contributed by atoms with Crippen LogP contribution in [0.1, 0.15) is 41.4 Å². The Morgan fingerprint density at radius 1 is 1.12 bits per heavy atom. The first-order chi connectivity index (χ1) is 16.1. The Hall–Kier alpha value is -3.32. The zero-order chi connectivity index (χ0) is 23.2. The van der Waals surface area contributed by atoms with Crippen molar-refractivity contribution in [2.45, 2.75) is 32.9 Å². The minimum atomic E-state index is -0.293. The van der Waals surface area contributed by atoms with Gasteiger partial charge in [-0.1, -0.05) is 36.3 Å². The number of carbonyl (C=O) groups is 1. The highest BCUT2D eigenvalue weighted by atomic mass is 16.5. The van der Waals surface area contributed by atoms with Crippen molar-refractivity contribution in [2.75, 3.05) is 27.3 Å². The number of amides is 1. The van der Waals surface area contributed by atoms with Crippen LogP contribution in [0.5, 0.6) is 11.5 Å². The molecular formula is C26H31N3O4. The first-order valence-electron chi connectivity index (χ1n) is 11.3. The van der Waals surface area contributed by atoms with Gasteiger partial charge in [0.2, 0.25) is 0 Å². The zero-order valence-corrected chi connectivity index (χ0v) is 19.5. The van der Waals surface area contributed by atoms with Crippen LogP contribution < -0.4 is 14.8 Å². The van der Waals surface area contributed by atoms with E-state index < -0.39 is 0 Å². The first kappa shape index (κ1) is 22.9. The highest BCUT2D eigenvalue weighted by Crippen LogP contribution is 2.33. The lowest BCUT2D eigenvalue weighted by molar-refractivity contribution is 0.0942. The molecule has 0 bridgehead atoms. The number of aromatic nitrogens is 1. The van der Waals surface area contributed by atoms with E-state index in [-0.39, 0.29) is 11.6 Å². The van der Waals surface area contributed by atoms with E-state index in [4.69, 9.17) is 14.0 Å². The van der Waals surface area contributed by atoms with Crippen LogP contribution in [0.3, 0.4) is 0 Å². The van der Waals surface area contributed by atoms with Crippen LogP contribution in [0.4, 0.5) is 0 Å². The summed E-state index contributed by atoms with van der Waals surface area (Å²) < 4.78 is 16.1. The molecule has 2 aromatic carbocycles. The summed E-state index contributed by atoms with van der Waals surface area (Å²) in [4.78, 5) is 15.1. The molecule has 0 aliphatic carbocycles. The molecule has 1 unspecified atom stereocenters. The van der Waals surface area contributed by atoms with E-state index >= 15 is 0 Å². The van der Waals surface area contributed by atoms with Gasteiger partial charge < -0.3 is 19.3 Å². The summed E-state index contributed by atoms with van der Waals surface area (Å²) in [5.74, 6) is 2.19. The third-order valence-electron chi connectivity index (χ3n) is 6.04. The van der Waals surface area contributed by atoms with Crippen molar-refractivity contribution in [1.82, 2.24) is 15.4 Å². The van der Waals surface area contributed by atoms with Crippen molar-refractivity contribution in [3.8, 4) is 22.8 Å². The Morgan fingerprint density at radius 3 is 2.64 bits per heavy atom. The molecule has 174 valence electrons. The lowest BCUT2D eigenvalue weighted by Crippen LogP contribution is -2.33. The van der Waals surface area contributed by atoms with Crippen molar-refractivity contribution in [1.29, 1.82) is 0 Å². The molecule has 1 aromatic heterocycles. The second-order valence-corrected chi connectivity index (χ2v) is 8.62. The molecule has 7 nitrogen and oxygen atoms in total. The quantitative estimate of drug-likeness (QED) is 0.545. The van der Waals surface area contributed by atoms with Gasteiger partial charge in [0.05, 0.1) is 19.8 Å². The molecule has 1 atom stereocenters. The van der Waals surface area contributed by atoms with E-state index in [9.17, 15) is 4.79 Å². The lowest BCUT2D eigenvalue weighted by Gasteiger charge is -2.30. The maximum absolute atomic E-state index is 12.6. The Bertz CT molecular complexity index is 1080. The second kappa shape index (κ2) is 10.5. The van der Waals surface area contributed by atoms with Crippen LogP contribution in [-0.4, -0.2) is 43.3 Å². The number of benzene rings is 2. The third kappa shape index (κ3) is 5.73. The largest absolute Gasteiger partial charge is 0.497 e. The number of ether oxygens (including phenoxy) is 2. The third-order valence-corrected chi connectivity index (χ3v) is 6.04. The van der Waals surface area contributed by atoms with E-state index in [1.54, 1.807) is 38.5 Å². The molecule has 1 N–H and O–H groups in total. The maximum atomic E-state index is 12.6. The summed E-state index contributed by atoms with van der Waals surface area (Å²) in [5, 5.41) is 6.84. The van der Waals surface area contributed by atoms with Gasteiger partial charge in [-0.05, 0) is 54.6 Å². The minimum absolute atomic E-state index is 0.214. The fourth-order valence-corrected chi connectivity index (χ4v) is 4.24. The highest BCUT2D eigenvalue weighted by molar-refractivity contribution is 5.93.